The Morgan fingerprint density at radius 1 is 1.07 bits per heavy atom. The van der Waals surface area contributed by atoms with Crippen molar-refractivity contribution in [1.29, 1.82) is 0 Å². The van der Waals surface area contributed by atoms with Crippen molar-refractivity contribution in [3.8, 4) is 11.4 Å². The molecule has 0 spiro atoms. The number of halogens is 2. The van der Waals surface area contributed by atoms with Gasteiger partial charge in [-0.3, -0.25) is 0 Å². The van der Waals surface area contributed by atoms with E-state index in [0.717, 1.165) is 31.9 Å². The highest BCUT2D eigenvalue weighted by molar-refractivity contribution is 5.85. The zero-order valence-corrected chi connectivity index (χ0v) is 16.5. The lowest BCUT2D eigenvalue weighted by Gasteiger charge is -2.29. The molecule has 0 aromatic carbocycles. The Labute approximate surface area is 171 Å². The molecule has 0 saturated carbocycles. The largest absolute Gasteiger partial charge is 0.368 e. The highest BCUT2D eigenvalue weighted by Gasteiger charge is 2.14. The molecule has 5 heterocycles. The fourth-order valence-electron chi connectivity index (χ4n) is 3.54. The number of rotatable bonds is 2. The van der Waals surface area contributed by atoms with Crippen molar-refractivity contribution in [3.05, 3.63) is 58.8 Å². The summed E-state index contributed by atoms with van der Waals surface area (Å²) in [7, 11) is 0. The minimum absolute atomic E-state index is 0. The summed E-state index contributed by atoms with van der Waals surface area (Å²) in [5.41, 5.74) is 2.34. The lowest BCUT2D eigenvalue weighted by atomic mass is 10.2. The highest BCUT2D eigenvalue weighted by atomic mass is 35.5. The average Bonchev–Trinajstić information content (AvgIpc) is 3.09. The first kappa shape index (κ1) is 19.3. The number of aromatic nitrogens is 5. The molecule has 1 aliphatic heterocycles. The van der Waals surface area contributed by atoms with Gasteiger partial charge in [-0.05, 0) is 25.1 Å². The molecule has 29 heavy (non-hydrogen) atoms. The zero-order chi connectivity index (χ0) is 19.3. The minimum Gasteiger partial charge on any atom is -0.368 e. The maximum atomic E-state index is 14.4. The number of aryl methyl sites for hydroxylation is 1. The van der Waals surface area contributed by atoms with Crippen LogP contribution < -0.4 is 15.9 Å². The molecule has 0 atom stereocenters. The van der Waals surface area contributed by atoms with Gasteiger partial charge in [0, 0.05) is 50.3 Å². The van der Waals surface area contributed by atoms with Gasteiger partial charge in [0.2, 0.25) is 0 Å². The van der Waals surface area contributed by atoms with Crippen molar-refractivity contribution >= 4 is 29.4 Å². The van der Waals surface area contributed by atoms with E-state index in [9.17, 15) is 9.18 Å². The molecule has 0 unspecified atom stereocenters. The van der Waals surface area contributed by atoms with E-state index in [0.29, 0.717) is 16.9 Å². The van der Waals surface area contributed by atoms with Crippen molar-refractivity contribution in [3.63, 3.8) is 0 Å². The number of piperazine rings is 1. The summed E-state index contributed by atoms with van der Waals surface area (Å²) < 4.78 is 17.4. The van der Waals surface area contributed by atoms with E-state index >= 15 is 0 Å². The molecular formula is C19H19ClFN7O. The number of imidazole rings is 1. The van der Waals surface area contributed by atoms with Gasteiger partial charge < -0.3 is 14.6 Å². The van der Waals surface area contributed by atoms with Gasteiger partial charge in [-0.2, -0.15) is 4.98 Å². The molecule has 1 saturated heterocycles. The maximum Gasteiger partial charge on any atom is 0.355 e. The van der Waals surface area contributed by atoms with Crippen molar-refractivity contribution in [2.24, 2.45) is 0 Å². The van der Waals surface area contributed by atoms with Crippen molar-refractivity contribution in [1.82, 2.24) is 29.1 Å². The van der Waals surface area contributed by atoms with E-state index in [1.807, 2.05) is 6.07 Å². The van der Waals surface area contributed by atoms with Gasteiger partial charge in [0.1, 0.15) is 5.65 Å². The molecule has 0 amide bonds. The summed E-state index contributed by atoms with van der Waals surface area (Å²) in [6, 6.07) is 5.04. The second kappa shape index (κ2) is 7.41. The fraction of sp³-hybridized carbons (Fsp3) is 0.263. The molecular weight excluding hydrogens is 397 g/mol. The topological polar surface area (TPSA) is 79.8 Å². The maximum absolute atomic E-state index is 14.4. The molecule has 0 radical (unpaired) electrons. The van der Waals surface area contributed by atoms with E-state index in [4.69, 9.17) is 0 Å². The van der Waals surface area contributed by atoms with Gasteiger partial charge in [0.25, 0.3) is 0 Å². The predicted molar refractivity (Wildman–Crippen MR) is 110 cm³/mol. The third-order valence-electron chi connectivity index (χ3n) is 4.91. The Bertz CT molecular complexity index is 1260. The summed E-state index contributed by atoms with van der Waals surface area (Å²) in [6.07, 6.45) is 5.16. The van der Waals surface area contributed by atoms with Crippen LogP contribution in [-0.2, 0) is 0 Å². The van der Waals surface area contributed by atoms with Crippen LogP contribution in [0.5, 0.6) is 0 Å². The number of anilines is 1. The first-order chi connectivity index (χ1) is 13.6. The number of fused-ring (bicyclic) bond motifs is 2. The summed E-state index contributed by atoms with van der Waals surface area (Å²) in [5, 5.41) is 3.31. The first-order valence-corrected chi connectivity index (χ1v) is 9.10. The molecule has 1 fully saturated rings. The van der Waals surface area contributed by atoms with Crippen LogP contribution in [0, 0.1) is 12.7 Å². The Morgan fingerprint density at radius 2 is 1.86 bits per heavy atom. The molecule has 4 aromatic rings. The number of hydrogen-bond acceptors (Lipinski definition) is 6. The van der Waals surface area contributed by atoms with Crippen LogP contribution in [0.1, 0.15) is 5.69 Å². The second-order valence-electron chi connectivity index (χ2n) is 6.87. The van der Waals surface area contributed by atoms with E-state index in [2.05, 4.69) is 25.2 Å². The third kappa shape index (κ3) is 3.43. The molecule has 1 aliphatic rings. The normalized spacial score (nSPS) is 14.3. The van der Waals surface area contributed by atoms with Crippen LogP contribution in [0.25, 0.3) is 22.7 Å². The molecule has 4 aromatic heterocycles. The lowest BCUT2D eigenvalue weighted by Crippen LogP contribution is -2.43. The molecule has 0 bridgehead atoms. The number of nitrogens with one attached hydrogen (secondary N) is 1. The monoisotopic (exact) mass is 415 g/mol. The van der Waals surface area contributed by atoms with Gasteiger partial charge >= 0.3 is 5.69 Å². The fourth-order valence-corrected chi connectivity index (χ4v) is 3.54. The minimum atomic E-state index is -0.483. The molecule has 1 N–H and O–H groups in total. The van der Waals surface area contributed by atoms with Crippen LogP contribution in [0.2, 0.25) is 0 Å². The summed E-state index contributed by atoms with van der Waals surface area (Å²) in [5.74, 6) is -0.296. The molecule has 5 rings (SSSR count). The summed E-state index contributed by atoms with van der Waals surface area (Å²) >= 11 is 0. The van der Waals surface area contributed by atoms with Crippen LogP contribution in [-0.4, -0.2) is 49.9 Å². The zero-order valence-electron chi connectivity index (χ0n) is 15.7. The Hall–Kier alpha value is -3.04. The number of pyridine rings is 2. The third-order valence-corrected chi connectivity index (χ3v) is 4.91. The van der Waals surface area contributed by atoms with Gasteiger partial charge in [-0.25, -0.2) is 23.6 Å². The van der Waals surface area contributed by atoms with Gasteiger partial charge in [-0.1, -0.05) is 0 Å². The first-order valence-electron chi connectivity index (χ1n) is 9.10. The van der Waals surface area contributed by atoms with E-state index in [1.54, 1.807) is 36.0 Å². The van der Waals surface area contributed by atoms with E-state index < -0.39 is 11.5 Å². The standard InChI is InChI=1S/C19H18FN7O.ClH/c1-12-9-26-10-13(8-15(20)18(26)22-12)17-23-16-3-2-14(11-27(16)19(28)24-17)25-6-4-21-5-7-25;/h2-3,8-11,21H,4-7H2,1H3;1H. The lowest BCUT2D eigenvalue weighted by molar-refractivity contribution is 0.588. The average molecular weight is 416 g/mol. The van der Waals surface area contributed by atoms with E-state index in [1.165, 1.54) is 10.5 Å². The van der Waals surface area contributed by atoms with Gasteiger partial charge in [0.15, 0.2) is 17.3 Å². The summed E-state index contributed by atoms with van der Waals surface area (Å²) in [6.45, 7) is 5.36. The molecule has 0 aliphatic carbocycles. The Morgan fingerprint density at radius 3 is 2.66 bits per heavy atom. The highest BCUT2D eigenvalue weighted by Crippen LogP contribution is 2.20. The van der Waals surface area contributed by atoms with Crippen molar-refractivity contribution in [2.75, 3.05) is 31.1 Å². The smallest absolute Gasteiger partial charge is 0.355 e. The van der Waals surface area contributed by atoms with Crippen molar-refractivity contribution < 1.29 is 4.39 Å². The number of nitrogens with zero attached hydrogens (tertiary/aromatic N) is 6. The van der Waals surface area contributed by atoms with Crippen molar-refractivity contribution in [2.45, 2.75) is 6.92 Å². The Kier molecular flexibility index (Phi) is 4.93. The summed E-state index contributed by atoms with van der Waals surface area (Å²) in [4.78, 5) is 27.5. The number of hydrogen-bond donors (Lipinski definition) is 1. The van der Waals surface area contributed by atoms with Gasteiger partial charge in [-0.15, -0.1) is 12.4 Å². The second-order valence-corrected chi connectivity index (χ2v) is 6.87. The van der Waals surface area contributed by atoms with Crippen LogP contribution in [0.3, 0.4) is 0 Å². The molecule has 8 nitrogen and oxygen atoms in total. The van der Waals surface area contributed by atoms with Crippen LogP contribution >= 0.6 is 12.4 Å². The molecule has 10 heteroatoms. The van der Waals surface area contributed by atoms with Crippen LogP contribution in [0.15, 0.2) is 41.6 Å². The Balaban J connectivity index is 0.00000205. The predicted octanol–water partition coefficient (Wildman–Crippen LogP) is 1.68. The molecule has 150 valence electrons. The quantitative estimate of drug-likeness (QED) is 0.536. The van der Waals surface area contributed by atoms with E-state index in [-0.39, 0.29) is 23.9 Å². The van der Waals surface area contributed by atoms with Gasteiger partial charge in [0.05, 0.1) is 11.4 Å². The SMILES string of the molecule is Cc1cn2cc(-c3nc(=O)n4cc(N5CCNCC5)ccc4n3)cc(F)c2n1.Cl. The van der Waals surface area contributed by atoms with Crippen LogP contribution in [0.4, 0.5) is 10.1 Å².